The van der Waals surface area contributed by atoms with Gasteiger partial charge in [-0.05, 0) is 44.0 Å². The summed E-state index contributed by atoms with van der Waals surface area (Å²) in [6.45, 7) is 5.76. The number of carboxylic acid groups (broad SMARTS) is 1. The van der Waals surface area contributed by atoms with Gasteiger partial charge in [0.2, 0.25) is 11.6 Å². The molecule has 0 aliphatic carbocycles. The number of nitrogens with two attached hydrogens (primary N) is 1. The van der Waals surface area contributed by atoms with Gasteiger partial charge in [-0.3, -0.25) is 0 Å². The van der Waals surface area contributed by atoms with Crippen molar-refractivity contribution in [3.8, 4) is 16.9 Å². The molecule has 0 radical (unpaired) electrons. The number of nitrogens with zero attached hydrogens (tertiary/aromatic N) is 1. The molecule has 3 N–H and O–H groups in total. The molecule has 0 fully saturated rings. The summed E-state index contributed by atoms with van der Waals surface area (Å²) in [6, 6.07) is 5.32. The molecule has 0 aliphatic rings. The molecule has 2 rings (SSSR count). The quantitative estimate of drug-likeness (QED) is 0.890. The Labute approximate surface area is 116 Å². The zero-order valence-corrected chi connectivity index (χ0v) is 11.5. The number of nitrogen functional groups attached to an aromatic ring is 1. The van der Waals surface area contributed by atoms with Crippen LogP contribution in [0, 0.1) is 6.92 Å². The molecule has 0 unspecified atom stereocenters. The van der Waals surface area contributed by atoms with E-state index in [1.54, 1.807) is 18.2 Å². The Morgan fingerprint density at radius 2 is 2.15 bits per heavy atom. The van der Waals surface area contributed by atoms with Crippen molar-refractivity contribution in [2.45, 2.75) is 26.9 Å². The van der Waals surface area contributed by atoms with Gasteiger partial charge in [-0.2, -0.15) is 0 Å². The Hall–Kier alpha value is -2.50. The van der Waals surface area contributed by atoms with Crippen LogP contribution >= 0.6 is 0 Å². The molecule has 20 heavy (non-hydrogen) atoms. The Morgan fingerprint density at radius 3 is 2.70 bits per heavy atom. The minimum Gasteiger partial charge on any atom is -0.491 e. The molecule has 0 saturated carbocycles. The van der Waals surface area contributed by atoms with Crippen LogP contribution in [0.25, 0.3) is 11.1 Å². The fraction of sp³-hybridized carbons (Fsp3) is 0.286. The van der Waals surface area contributed by atoms with E-state index in [0.717, 1.165) is 11.3 Å². The van der Waals surface area contributed by atoms with Crippen LogP contribution in [0.2, 0.25) is 0 Å². The SMILES string of the molecule is Cc1cc(-c2c(C(=O)O)noc2N)ccc1OC(C)C. The van der Waals surface area contributed by atoms with Crippen molar-refractivity contribution in [3.05, 3.63) is 29.5 Å². The van der Waals surface area contributed by atoms with Gasteiger partial charge in [0.1, 0.15) is 5.75 Å². The number of anilines is 1. The number of benzene rings is 1. The standard InChI is InChI=1S/C14H16N2O4/c1-7(2)19-10-5-4-9(6-8(10)3)11-12(14(17)18)16-20-13(11)15/h4-7H,15H2,1-3H3,(H,17,18). The van der Waals surface area contributed by atoms with E-state index in [-0.39, 0.29) is 23.2 Å². The van der Waals surface area contributed by atoms with Crippen LogP contribution < -0.4 is 10.5 Å². The number of carboxylic acids is 1. The van der Waals surface area contributed by atoms with E-state index in [0.29, 0.717) is 5.56 Å². The molecule has 1 aromatic heterocycles. The lowest BCUT2D eigenvalue weighted by Gasteiger charge is -2.13. The Bertz CT molecular complexity index is 647. The van der Waals surface area contributed by atoms with Crippen molar-refractivity contribution in [2.24, 2.45) is 0 Å². The summed E-state index contributed by atoms with van der Waals surface area (Å²) in [5.74, 6) is -0.449. The van der Waals surface area contributed by atoms with Crippen molar-refractivity contribution in [1.82, 2.24) is 5.16 Å². The van der Waals surface area contributed by atoms with E-state index >= 15 is 0 Å². The molecule has 2 aromatic rings. The van der Waals surface area contributed by atoms with E-state index in [1.165, 1.54) is 0 Å². The zero-order valence-electron chi connectivity index (χ0n) is 11.5. The molecular weight excluding hydrogens is 260 g/mol. The van der Waals surface area contributed by atoms with Crippen molar-refractivity contribution >= 4 is 11.9 Å². The summed E-state index contributed by atoms with van der Waals surface area (Å²) in [5, 5.41) is 12.5. The number of aryl methyl sites for hydroxylation is 1. The zero-order chi connectivity index (χ0) is 14.9. The molecule has 0 bridgehead atoms. The largest absolute Gasteiger partial charge is 0.491 e. The van der Waals surface area contributed by atoms with Crippen LogP contribution in [0.5, 0.6) is 5.75 Å². The molecule has 0 spiro atoms. The number of carbonyl (C=O) groups is 1. The Balaban J connectivity index is 2.47. The van der Waals surface area contributed by atoms with Gasteiger partial charge in [0.25, 0.3) is 0 Å². The summed E-state index contributed by atoms with van der Waals surface area (Å²) >= 11 is 0. The van der Waals surface area contributed by atoms with Crippen LogP contribution in [-0.4, -0.2) is 22.3 Å². The predicted molar refractivity (Wildman–Crippen MR) is 73.8 cm³/mol. The number of ether oxygens (including phenoxy) is 1. The van der Waals surface area contributed by atoms with Gasteiger partial charge < -0.3 is 20.1 Å². The summed E-state index contributed by atoms with van der Waals surface area (Å²) in [7, 11) is 0. The van der Waals surface area contributed by atoms with Crippen molar-refractivity contribution in [3.63, 3.8) is 0 Å². The van der Waals surface area contributed by atoms with Crippen LogP contribution in [0.4, 0.5) is 5.88 Å². The van der Waals surface area contributed by atoms with Crippen LogP contribution in [0.15, 0.2) is 22.7 Å². The van der Waals surface area contributed by atoms with Crippen LogP contribution in [-0.2, 0) is 0 Å². The van der Waals surface area contributed by atoms with Crippen molar-refractivity contribution in [1.29, 1.82) is 0 Å². The minimum atomic E-state index is -1.18. The fourth-order valence-electron chi connectivity index (χ4n) is 1.92. The lowest BCUT2D eigenvalue weighted by atomic mass is 10.0. The Kier molecular flexibility index (Phi) is 3.65. The molecule has 106 valence electrons. The fourth-order valence-corrected chi connectivity index (χ4v) is 1.92. The van der Waals surface area contributed by atoms with E-state index in [1.807, 2.05) is 20.8 Å². The highest BCUT2D eigenvalue weighted by molar-refractivity contribution is 5.96. The van der Waals surface area contributed by atoms with E-state index in [9.17, 15) is 4.79 Å². The molecule has 0 saturated heterocycles. The molecule has 1 aromatic carbocycles. The molecule has 0 amide bonds. The molecular formula is C14H16N2O4. The third-order valence-corrected chi connectivity index (χ3v) is 2.75. The van der Waals surface area contributed by atoms with Gasteiger partial charge in [0.15, 0.2) is 0 Å². The first-order chi connectivity index (χ1) is 9.40. The summed E-state index contributed by atoms with van der Waals surface area (Å²) in [6.07, 6.45) is 0.0646. The maximum atomic E-state index is 11.1. The molecule has 0 atom stereocenters. The molecule has 6 nitrogen and oxygen atoms in total. The van der Waals surface area contributed by atoms with Gasteiger partial charge in [-0.25, -0.2) is 4.79 Å². The smallest absolute Gasteiger partial charge is 0.358 e. The summed E-state index contributed by atoms with van der Waals surface area (Å²) in [5.41, 5.74) is 7.27. The number of aromatic carboxylic acids is 1. The predicted octanol–water partition coefficient (Wildman–Crippen LogP) is 2.72. The first kappa shape index (κ1) is 13.9. The lowest BCUT2D eigenvalue weighted by Crippen LogP contribution is -2.06. The summed E-state index contributed by atoms with van der Waals surface area (Å²) < 4.78 is 10.4. The number of aromatic nitrogens is 1. The average molecular weight is 276 g/mol. The highest BCUT2D eigenvalue weighted by atomic mass is 16.5. The highest BCUT2D eigenvalue weighted by Crippen LogP contribution is 2.33. The molecule has 6 heteroatoms. The third-order valence-electron chi connectivity index (χ3n) is 2.75. The second-order valence-electron chi connectivity index (χ2n) is 4.72. The van der Waals surface area contributed by atoms with Crippen molar-refractivity contribution < 1.29 is 19.2 Å². The lowest BCUT2D eigenvalue weighted by molar-refractivity contribution is 0.0686. The third kappa shape index (κ3) is 2.59. The van der Waals surface area contributed by atoms with Crippen LogP contribution in [0.3, 0.4) is 0 Å². The number of hydrogen-bond acceptors (Lipinski definition) is 5. The normalized spacial score (nSPS) is 10.8. The van der Waals surface area contributed by atoms with Crippen LogP contribution in [0.1, 0.15) is 29.9 Å². The second-order valence-corrected chi connectivity index (χ2v) is 4.72. The number of rotatable bonds is 4. The second kappa shape index (κ2) is 5.24. The highest BCUT2D eigenvalue weighted by Gasteiger charge is 2.21. The number of hydrogen-bond donors (Lipinski definition) is 2. The van der Waals surface area contributed by atoms with E-state index < -0.39 is 5.97 Å². The van der Waals surface area contributed by atoms with Gasteiger partial charge >= 0.3 is 5.97 Å². The van der Waals surface area contributed by atoms with Gasteiger partial charge in [0, 0.05) is 0 Å². The van der Waals surface area contributed by atoms with Gasteiger partial charge in [-0.15, -0.1) is 0 Å². The minimum absolute atomic E-state index is 0.0145. The van der Waals surface area contributed by atoms with Gasteiger partial charge in [-0.1, -0.05) is 11.2 Å². The maximum Gasteiger partial charge on any atom is 0.358 e. The van der Waals surface area contributed by atoms with Crippen molar-refractivity contribution in [2.75, 3.05) is 5.73 Å². The van der Waals surface area contributed by atoms with E-state index in [4.69, 9.17) is 20.1 Å². The first-order valence-corrected chi connectivity index (χ1v) is 6.16. The Morgan fingerprint density at radius 1 is 1.45 bits per heavy atom. The van der Waals surface area contributed by atoms with Gasteiger partial charge in [0.05, 0.1) is 11.7 Å². The first-order valence-electron chi connectivity index (χ1n) is 6.16. The monoisotopic (exact) mass is 276 g/mol. The maximum absolute atomic E-state index is 11.1. The average Bonchev–Trinajstić information content (AvgIpc) is 2.73. The molecule has 1 heterocycles. The summed E-state index contributed by atoms with van der Waals surface area (Å²) in [4.78, 5) is 11.1. The topological polar surface area (TPSA) is 98.6 Å². The van der Waals surface area contributed by atoms with E-state index in [2.05, 4.69) is 5.16 Å². The molecule has 0 aliphatic heterocycles.